The molecule has 0 saturated carbocycles. The molecule has 0 amide bonds. The lowest BCUT2D eigenvalue weighted by Gasteiger charge is -2.12. The van der Waals surface area contributed by atoms with Crippen LogP contribution in [0.25, 0.3) is 5.69 Å². The molecule has 0 spiro atoms. The highest BCUT2D eigenvalue weighted by Crippen LogP contribution is 2.24. The second-order valence-electron chi connectivity index (χ2n) is 8.23. The summed E-state index contributed by atoms with van der Waals surface area (Å²) in [6.07, 6.45) is 0. The number of aryl methyl sites for hydroxylation is 4. The van der Waals surface area contributed by atoms with E-state index < -0.39 is 18.5 Å². The molecule has 0 aliphatic rings. The number of carbonyl (C=O) groups is 3. The second kappa shape index (κ2) is 9.48. The Kier molecular flexibility index (Phi) is 6.91. The van der Waals surface area contributed by atoms with Gasteiger partial charge < -0.3 is 19.0 Å². The number of rotatable bonds is 7. The van der Waals surface area contributed by atoms with E-state index >= 15 is 0 Å². The summed E-state index contributed by atoms with van der Waals surface area (Å²) in [6.45, 7) is 12.8. The highest BCUT2D eigenvalue weighted by atomic mass is 16.5. The van der Waals surface area contributed by atoms with Crippen molar-refractivity contribution in [3.05, 3.63) is 74.9 Å². The van der Waals surface area contributed by atoms with E-state index in [1.165, 1.54) is 11.1 Å². The lowest BCUT2D eigenvalue weighted by Crippen LogP contribution is -2.16. The van der Waals surface area contributed by atoms with Gasteiger partial charge in [-0.2, -0.15) is 0 Å². The number of hydrogen-bond donors (Lipinski definition) is 1. The number of esters is 2. The normalized spacial score (nSPS) is 10.9. The number of ether oxygens (including phenoxy) is 2. The van der Waals surface area contributed by atoms with E-state index in [0.29, 0.717) is 16.8 Å². The number of aromatic amines is 1. The van der Waals surface area contributed by atoms with E-state index in [-0.39, 0.29) is 23.6 Å². The van der Waals surface area contributed by atoms with E-state index in [1.807, 2.05) is 30.5 Å². The first-order valence-corrected chi connectivity index (χ1v) is 10.9. The van der Waals surface area contributed by atoms with Gasteiger partial charge in [-0.05, 0) is 83.4 Å². The van der Waals surface area contributed by atoms with Crippen molar-refractivity contribution in [3.8, 4) is 5.69 Å². The van der Waals surface area contributed by atoms with Gasteiger partial charge in [0.05, 0.1) is 12.2 Å². The number of H-pyrrole nitrogens is 1. The van der Waals surface area contributed by atoms with Crippen molar-refractivity contribution in [1.29, 1.82) is 0 Å². The van der Waals surface area contributed by atoms with Crippen molar-refractivity contribution in [2.24, 2.45) is 0 Å². The van der Waals surface area contributed by atoms with Crippen LogP contribution in [0.15, 0.2) is 24.3 Å². The van der Waals surface area contributed by atoms with Crippen LogP contribution < -0.4 is 0 Å². The first kappa shape index (κ1) is 24.0. The molecule has 0 aliphatic carbocycles. The predicted octanol–water partition coefficient (Wildman–Crippen LogP) is 4.87. The molecule has 0 atom stereocenters. The average molecular weight is 451 g/mol. The molecular formula is C26H30N2O5. The van der Waals surface area contributed by atoms with Crippen molar-refractivity contribution in [2.75, 3.05) is 13.2 Å². The van der Waals surface area contributed by atoms with Gasteiger partial charge in [0.25, 0.3) is 0 Å². The summed E-state index contributed by atoms with van der Waals surface area (Å²) in [4.78, 5) is 40.6. The molecule has 0 radical (unpaired) electrons. The Labute approximate surface area is 193 Å². The van der Waals surface area contributed by atoms with Crippen molar-refractivity contribution in [1.82, 2.24) is 9.55 Å². The third-order valence-corrected chi connectivity index (χ3v) is 5.94. The van der Waals surface area contributed by atoms with E-state index in [4.69, 9.17) is 9.47 Å². The van der Waals surface area contributed by atoms with Crippen LogP contribution in [0.1, 0.15) is 71.9 Å². The molecule has 0 aliphatic heterocycles. The van der Waals surface area contributed by atoms with Crippen LogP contribution in [-0.4, -0.2) is 40.5 Å². The van der Waals surface area contributed by atoms with Crippen LogP contribution in [-0.2, 0) is 9.47 Å². The number of benzene rings is 1. The van der Waals surface area contributed by atoms with Crippen LogP contribution in [0.2, 0.25) is 0 Å². The van der Waals surface area contributed by atoms with Gasteiger partial charge in [0.2, 0.25) is 5.78 Å². The number of nitrogens with one attached hydrogen (secondary N) is 1. The average Bonchev–Trinajstić information content (AvgIpc) is 3.23. The SMILES string of the molecule is CCOC(=O)c1[nH]c(C)c(C(=O)OCC(=O)c2cc(C)n(-c3ccc(C)c(C)c3)c2C)c1C. The minimum absolute atomic E-state index is 0.213. The number of nitrogens with zero attached hydrogens (tertiary/aromatic N) is 1. The minimum Gasteiger partial charge on any atom is -0.461 e. The fourth-order valence-electron chi connectivity index (χ4n) is 4.05. The van der Waals surface area contributed by atoms with Crippen molar-refractivity contribution < 1.29 is 23.9 Å². The molecule has 33 heavy (non-hydrogen) atoms. The standard InChI is InChI=1S/C26H30N2O5/c1-8-32-26(31)24-17(5)23(18(6)27-24)25(30)33-13-22(29)21-12-16(4)28(19(21)7)20-10-9-14(2)15(3)11-20/h9-12,27H,8,13H2,1-7H3. The van der Waals surface area contributed by atoms with Gasteiger partial charge in [-0.3, -0.25) is 4.79 Å². The van der Waals surface area contributed by atoms with Crippen LogP contribution in [0.3, 0.4) is 0 Å². The Morgan fingerprint density at radius 3 is 2.24 bits per heavy atom. The van der Waals surface area contributed by atoms with E-state index in [0.717, 1.165) is 17.1 Å². The summed E-state index contributed by atoms with van der Waals surface area (Å²) >= 11 is 0. The maximum atomic E-state index is 12.9. The Balaban J connectivity index is 1.79. The molecule has 0 fully saturated rings. The zero-order valence-corrected chi connectivity index (χ0v) is 20.2. The molecule has 2 heterocycles. The Morgan fingerprint density at radius 1 is 0.909 bits per heavy atom. The van der Waals surface area contributed by atoms with Crippen molar-refractivity contribution >= 4 is 17.7 Å². The molecular weight excluding hydrogens is 420 g/mol. The van der Waals surface area contributed by atoms with Crippen LogP contribution >= 0.6 is 0 Å². The molecule has 0 unspecified atom stereocenters. The summed E-state index contributed by atoms with van der Waals surface area (Å²) in [5, 5.41) is 0. The topological polar surface area (TPSA) is 90.4 Å². The van der Waals surface area contributed by atoms with E-state index in [9.17, 15) is 14.4 Å². The van der Waals surface area contributed by atoms with Gasteiger partial charge in [-0.15, -0.1) is 0 Å². The zero-order valence-electron chi connectivity index (χ0n) is 20.2. The maximum Gasteiger partial charge on any atom is 0.355 e. The quantitative estimate of drug-likeness (QED) is 0.410. The van der Waals surface area contributed by atoms with Gasteiger partial charge in [-0.25, -0.2) is 9.59 Å². The largest absolute Gasteiger partial charge is 0.461 e. The lowest BCUT2D eigenvalue weighted by molar-refractivity contribution is 0.0473. The number of ketones is 1. The molecule has 1 N–H and O–H groups in total. The summed E-state index contributed by atoms with van der Waals surface area (Å²) in [6, 6.07) is 7.97. The van der Waals surface area contributed by atoms with Crippen LogP contribution in [0.5, 0.6) is 0 Å². The molecule has 174 valence electrons. The van der Waals surface area contributed by atoms with Gasteiger partial charge in [-0.1, -0.05) is 6.07 Å². The van der Waals surface area contributed by atoms with Crippen LogP contribution in [0, 0.1) is 41.5 Å². The smallest absolute Gasteiger partial charge is 0.355 e. The number of hydrogen-bond acceptors (Lipinski definition) is 5. The highest BCUT2D eigenvalue weighted by Gasteiger charge is 2.25. The zero-order chi connectivity index (χ0) is 24.4. The van der Waals surface area contributed by atoms with Gasteiger partial charge >= 0.3 is 11.9 Å². The first-order chi connectivity index (χ1) is 15.6. The van der Waals surface area contributed by atoms with Gasteiger partial charge in [0.1, 0.15) is 5.69 Å². The third-order valence-electron chi connectivity index (χ3n) is 5.94. The Morgan fingerprint density at radius 2 is 1.61 bits per heavy atom. The molecule has 7 heteroatoms. The molecule has 1 aromatic carbocycles. The highest BCUT2D eigenvalue weighted by molar-refractivity contribution is 6.02. The summed E-state index contributed by atoms with van der Waals surface area (Å²) in [5.74, 6) is -1.48. The Bertz CT molecular complexity index is 1250. The number of carbonyl (C=O) groups excluding carboxylic acids is 3. The van der Waals surface area contributed by atoms with Gasteiger partial charge in [0, 0.05) is 28.3 Å². The molecule has 3 aromatic rings. The van der Waals surface area contributed by atoms with Crippen LogP contribution in [0.4, 0.5) is 0 Å². The first-order valence-electron chi connectivity index (χ1n) is 10.9. The van der Waals surface area contributed by atoms with Crippen molar-refractivity contribution in [3.63, 3.8) is 0 Å². The molecule has 0 saturated heterocycles. The lowest BCUT2D eigenvalue weighted by atomic mass is 10.1. The number of Topliss-reactive ketones (excluding diaryl/α,β-unsaturated/α-hetero) is 1. The minimum atomic E-state index is -0.659. The maximum absolute atomic E-state index is 12.9. The fraction of sp³-hybridized carbons (Fsp3) is 0.346. The monoisotopic (exact) mass is 450 g/mol. The second-order valence-corrected chi connectivity index (χ2v) is 8.23. The molecule has 3 rings (SSSR count). The number of aromatic nitrogens is 2. The Hall–Kier alpha value is -3.61. The van der Waals surface area contributed by atoms with E-state index in [2.05, 4.69) is 31.0 Å². The predicted molar refractivity (Wildman–Crippen MR) is 126 cm³/mol. The van der Waals surface area contributed by atoms with Crippen molar-refractivity contribution in [2.45, 2.75) is 48.5 Å². The van der Waals surface area contributed by atoms with E-state index in [1.54, 1.807) is 20.8 Å². The third kappa shape index (κ3) is 4.62. The molecule has 7 nitrogen and oxygen atoms in total. The molecule has 0 bridgehead atoms. The van der Waals surface area contributed by atoms with Gasteiger partial charge in [0.15, 0.2) is 6.61 Å². The summed E-state index contributed by atoms with van der Waals surface area (Å²) in [7, 11) is 0. The molecule has 2 aromatic heterocycles. The fourth-order valence-corrected chi connectivity index (χ4v) is 4.05. The summed E-state index contributed by atoms with van der Waals surface area (Å²) in [5.41, 5.74) is 6.94. The summed E-state index contributed by atoms with van der Waals surface area (Å²) < 4.78 is 12.4.